The van der Waals surface area contributed by atoms with Crippen molar-refractivity contribution in [3.63, 3.8) is 0 Å². The van der Waals surface area contributed by atoms with Crippen LogP contribution >= 0.6 is 11.6 Å². The fraction of sp³-hybridized carbons (Fsp3) is 0.308. The monoisotopic (exact) mass is 573 g/mol. The molecule has 0 saturated carbocycles. The Morgan fingerprint density at radius 3 is 2.18 bits per heavy atom. The van der Waals surface area contributed by atoms with Gasteiger partial charge < -0.3 is 20.2 Å². The molecule has 0 aliphatic carbocycles. The topological polar surface area (TPSA) is 157 Å². The molecule has 0 bridgehead atoms. The van der Waals surface area contributed by atoms with Gasteiger partial charge in [-0.2, -0.15) is 4.31 Å². The van der Waals surface area contributed by atoms with Gasteiger partial charge in [0.25, 0.3) is 5.91 Å². The maximum Gasteiger partial charge on any atom is 0.257 e. The van der Waals surface area contributed by atoms with Crippen LogP contribution in [0.5, 0.6) is 5.75 Å². The Morgan fingerprint density at radius 2 is 1.64 bits per heavy atom. The zero-order valence-electron chi connectivity index (χ0n) is 21.2. The second-order valence-electron chi connectivity index (χ2n) is 9.23. The normalized spacial score (nSPS) is 20.2. The minimum absolute atomic E-state index is 0.124. The molecule has 2 aromatic heterocycles. The summed E-state index contributed by atoms with van der Waals surface area (Å²) in [6, 6.07) is 5.78. The van der Waals surface area contributed by atoms with Crippen LogP contribution in [-0.4, -0.2) is 91.2 Å². The molecule has 4 unspecified atom stereocenters. The second kappa shape index (κ2) is 11.8. The predicted octanol–water partition coefficient (Wildman–Crippen LogP) is 2.15. The molecule has 13 heteroatoms. The molecule has 1 aromatic carbocycles. The Labute approximate surface area is 231 Å². The number of aromatic hydroxyl groups is 1. The molecule has 3 aromatic rings. The maximum atomic E-state index is 13.6. The van der Waals surface area contributed by atoms with E-state index in [1.165, 1.54) is 55.4 Å². The summed E-state index contributed by atoms with van der Waals surface area (Å²) in [5, 5.41) is 32.5. The van der Waals surface area contributed by atoms with E-state index in [0.717, 1.165) is 9.71 Å². The number of aliphatic hydroxyl groups excluding tert-OH is 2. The summed E-state index contributed by atoms with van der Waals surface area (Å²) in [4.78, 5) is 27.4. The van der Waals surface area contributed by atoms with Gasteiger partial charge in [0.2, 0.25) is 10.0 Å². The highest BCUT2D eigenvalue weighted by atomic mass is 35.5. The first-order chi connectivity index (χ1) is 18.5. The summed E-state index contributed by atoms with van der Waals surface area (Å²) in [7, 11) is -4.07. The van der Waals surface area contributed by atoms with Crippen LogP contribution in [0.15, 0.2) is 60.5 Å². The van der Waals surface area contributed by atoms with E-state index in [2.05, 4.69) is 15.0 Å². The number of rotatable bonds is 7. The number of aliphatic hydroxyl groups is 2. The van der Waals surface area contributed by atoms with Gasteiger partial charge >= 0.3 is 0 Å². The first kappa shape index (κ1) is 28.6. The quantitative estimate of drug-likeness (QED) is 0.385. The third-order valence-corrected chi connectivity index (χ3v) is 8.19. The molecule has 206 valence electrons. The zero-order chi connectivity index (χ0) is 28.3. The largest absolute Gasteiger partial charge is 0.507 e. The van der Waals surface area contributed by atoms with Crippen LogP contribution < -0.4 is 0 Å². The predicted molar refractivity (Wildman–Crippen MR) is 145 cm³/mol. The summed E-state index contributed by atoms with van der Waals surface area (Å²) in [5.74, 6) is -0.348. The second-order valence-corrected chi connectivity index (χ2v) is 11.5. The van der Waals surface area contributed by atoms with E-state index in [1.807, 2.05) is 0 Å². The average molecular weight is 574 g/mol. The number of piperazine rings is 1. The summed E-state index contributed by atoms with van der Waals surface area (Å²) in [6.45, 7) is 2.46. The number of amides is 1. The van der Waals surface area contributed by atoms with E-state index in [0.29, 0.717) is 16.4 Å². The molecule has 0 spiro atoms. The lowest BCUT2D eigenvalue weighted by Crippen LogP contribution is -2.66. The lowest BCUT2D eigenvalue weighted by molar-refractivity contribution is -0.0347. The molecule has 4 rings (SSSR count). The smallest absolute Gasteiger partial charge is 0.257 e. The Kier molecular flexibility index (Phi) is 8.62. The Hall–Kier alpha value is -3.42. The lowest BCUT2D eigenvalue weighted by Gasteiger charge is -2.48. The molecule has 1 fully saturated rings. The van der Waals surface area contributed by atoms with Crippen LogP contribution in [0.4, 0.5) is 0 Å². The molecule has 1 aliphatic rings. The molecule has 4 atom stereocenters. The number of phenols is 1. The number of halogens is 1. The number of phenolic OH excluding ortho intramolecular Hbond substituents is 1. The summed E-state index contributed by atoms with van der Waals surface area (Å²) >= 11 is 5.84. The fourth-order valence-corrected chi connectivity index (χ4v) is 5.71. The molecule has 0 radical (unpaired) electrons. The molecular weight excluding hydrogens is 546 g/mol. The van der Waals surface area contributed by atoms with E-state index < -0.39 is 40.2 Å². The first-order valence-corrected chi connectivity index (χ1v) is 13.9. The number of carbonyl (C=O) groups is 1. The van der Waals surface area contributed by atoms with Crippen molar-refractivity contribution in [2.24, 2.45) is 0 Å². The molecule has 1 amide bonds. The maximum absolute atomic E-state index is 13.6. The standard InChI is InChI=1S/C26H28ClN5O6S/c1-16(33)22-14-31(39(37,38)10-7-18-3-4-21(27)11-24(18)35)15-23(17(2)34)32(22)26(36)20-12-29-25(30-13-20)19-5-8-28-9-6-19/h3-13,16-17,22-23,33-35H,14-15H2,1-2H3/b10-7+. The van der Waals surface area contributed by atoms with Crippen molar-refractivity contribution in [3.8, 4) is 17.1 Å². The Morgan fingerprint density at radius 1 is 1.05 bits per heavy atom. The minimum Gasteiger partial charge on any atom is -0.507 e. The number of nitrogens with zero attached hydrogens (tertiary/aromatic N) is 5. The number of sulfonamides is 1. The van der Waals surface area contributed by atoms with Gasteiger partial charge in [0.15, 0.2) is 5.82 Å². The molecular formula is C26H28ClN5O6S. The fourth-order valence-electron chi connectivity index (χ4n) is 4.33. The van der Waals surface area contributed by atoms with Crippen molar-refractivity contribution < 1.29 is 28.5 Å². The first-order valence-electron chi connectivity index (χ1n) is 12.1. The SMILES string of the molecule is CC(O)C1CN(S(=O)(=O)/C=C/c2ccc(Cl)cc2O)CC(C(C)O)N1C(=O)c1cnc(-c2ccncc2)nc1. The molecule has 3 N–H and O–H groups in total. The van der Waals surface area contributed by atoms with Gasteiger partial charge in [0, 0.05) is 59.4 Å². The van der Waals surface area contributed by atoms with Gasteiger partial charge in [-0.05, 0) is 50.3 Å². The highest BCUT2D eigenvalue weighted by Crippen LogP contribution is 2.28. The van der Waals surface area contributed by atoms with Gasteiger partial charge in [0.05, 0.1) is 29.9 Å². The highest BCUT2D eigenvalue weighted by molar-refractivity contribution is 7.92. The van der Waals surface area contributed by atoms with Gasteiger partial charge in [-0.15, -0.1) is 0 Å². The van der Waals surface area contributed by atoms with E-state index >= 15 is 0 Å². The van der Waals surface area contributed by atoms with Crippen molar-refractivity contribution in [2.75, 3.05) is 13.1 Å². The zero-order valence-corrected chi connectivity index (χ0v) is 22.7. The summed E-state index contributed by atoms with van der Waals surface area (Å²) < 4.78 is 27.6. The van der Waals surface area contributed by atoms with Crippen molar-refractivity contribution >= 4 is 33.6 Å². The van der Waals surface area contributed by atoms with Crippen LogP contribution in [0.25, 0.3) is 17.5 Å². The minimum atomic E-state index is -4.07. The van der Waals surface area contributed by atoms with E-state index in [-0.39, 0.29) is 30.0 Å². The van der Waals surface area contributed by atoms with Gasteiger partial charge in [-0.25, -0.2) is 18.4 Å². The number of benzene rings is 1. The van der Waals surface area contributed by atoms with Crippen LogP contribution in [0.2, 0.25) is 5.02 Å². The molecule has 11 nitrogen and oxygen atoms in total. The van der Waals surface area contributed by atoms with Gasteiger partial charge in [-0.3, -0.25) is 9.78 Å². The average Bonchev–Trinajstić information content (AvgIpc) is 2.92. The lowest BCUT2D eigenvalue weighted by atomic mass is 9.99. The van der Waals surface area contributed by atoms with Crippen molar-refractivity contribution in [3.05, 3.63) is 76.7 Å². The van der Waals surface area contributed by atoms with Gasteiger partial charge in [-0.1, -0.05) is 11.6 Å². The van der Waals surface area contributed by atoms with Crippen molar-refractivity contribution in [2.45, 2.75) is 38.1 Å². The number of aromatic nitrogens is 3. The van der Waals surface area contributed by atoms with Crippen LogP contribution in [0, 0.1) is 0 Å². The van der Waals surface area contributed by atoms with Crippen molar-refractivity contribution in [1.29, 1.82) is 0 Å². The van der Waals surface area contributed by atoms with Crippen molar-refractivity contribution in [1.82, 2.24) is 24.2 Å². The number of hydrogen-bond acceptors (Lipinski definition) is 9. The van der Waals surface area contributed by atoms with E-state index in [9.17, 15) is 28.5 Å². The Balaban J connectivity index is 1.61. The molecule has 1 saturated heterocycles. The third kappa shape index (κ3) is 6.43. The van der Waals surface area contributed by atoms with Crippen LogP contribution in [-0.2, 0) is 10.0 Å². The molecule has 3 heterocycles. The number of pyridine rings is 1. The van der Waals surface area contributed by atoms with E-state index in [1.54, 1.807) is 24.5 Å². The number of carbonyl (C=O) groups excluding carboxylic acids is 1. The van der Waals surface area contributed by atoms with E-state index in [4.69, 9.17) is 11.6 Å². The number of hydrogen-bond donors (Lipinski definition) is 3. The Bertz CT molecular complexity index is 1430. The summed E-state index contributed by atoms with van der Waals surface area (Å²) in [6.07, 6.45) is 4.87. The third-order valence-electron chi connectivity index (χ3n) is 6.45. The van der Waals surface area contributed by atoms with Crippen LogP contribution in [0.3, 0.4) is 0 Å². The summed E-state index contributed by atoms with van der Waals surface area (Å²) in [5.41, 5.74) is 1.08. The van der Waals surface area contributed by atoms with Gasteiger partial charge in [0.1, 0.15) is 5.75 Å². The molecule has 1 aliphatic heterocycles. The highest BCUT2D eigenvalue weighted by Gasteiger charge is 2.44. The van der Waals surface area contributed by atoms with Crippen LogP contribution in [0.1, 0.15) is 29.8 Å². The molecule has 39 heavy (non-hydrogen) atoms.